The van der Waals surface area contributed by atoms with Crippen LogP contribution in [0.2, 0.25) is 0 Å². The Morgan fingerprint density at radius 2 is 2.14 bits per heavy atom. The lowest BCUT2D eigenvalue weighted by Crippen LogP contribution is -2.43. The molecule has 2 aromatic rings. The number of aromatic hydroxyl groups is 1. The lowest BCUT2D eigenvalue weighted by atomic mass is 10.2. The van der Waals surface area contributed by atoms with E-state index in [0.29, 0.717) is 18.0 Å². The normalized spacial score (nSPS) is 15.6. The summed E-state index contributed by atoms with van der Waals surface area (Å²) >= 11 is 0. The van der Waals surface area contributed by atoms with E-state index in [-0.39, 0.29) is 5.75 Å². The van der Waals surface area contributed by atoms with E-state index in [9.17, 15) is 5.11 Å². The minimum Gasteiger partial charge on any atom is -0.499 e. The molecular formula is C17H21N3O2. The number of aromatic nitrogens is 1. The molecule has 0 bridgehead atoms. The summed E-state index contributed by atoms with van der Waals surface area (Å²) in [5.41, 5.74) is 0.511. The molecule has 0 unspecified atom stereocenters. The van der Waals surface area contributed by atoms with E-state index in [1.807, 2.05) is 12.1 Å². The summed E-state index contributed by atoms with van der Waals surface area (Å²) in [7, 11) is 0. The van der Waals surface area contributed by atoms with Gasteiger partial charge in [0.05, 0.1) is 6.61 Å². The topological polar surface area (TPSA) is 57.6 Å². The van der Waals surface area contributed by atoms with Crippen molar-refractivity contribution >= 4 is 10.9 Å². The van der Waals surface area contributed by atoms with E-state index < -0.39 is 0 Å². The van der Waals surface area contributed by atoms with Crippen molar-refractivity contribution in [1.29, 1.82) is 0 Å². The third kappa shape index (κ3) is 3.79. The Balaban J connectivity index is 1.44. The molecule has 5 heteroatoms. The minimum absolute atomic E-state index is 0.0154. The number of fused-ring (bicyclic) bond motifs is 1. The van der Waals surface area contributed by atoms with Crippen LogP contribution in [0.3, 0.4) is 0 Å². The standard InChI is InChI=1S/C17H21N3O2/c21-15-5-3-4-14-6-7-16(19-17(14)15)22-13-2-1-10-20-11-8-18-9-12-20/h4,6-7,18,21H,1-2,8-13H2. The van der Waals surface area contributed by atoms with Crippen LogP contribution in [0.5, 0.6) is 11.6 Å². The van der Waals surface area contributed by atoms with Crippen LogP contribution in [0, 0.1) is 12.1 Å². The fourth-order valence-electron chi connectivity index (χ4n) is 2.63. The van der Waals surface area contributed by atoms with Gasteiger partial charge in [-0.3, -0.25) is 0 Å². The van der Waals surface area contributed by atoms with Gasteiger partial charge in [-0.1, -0.05) is 6.07 Å². The molecule has 0 aliphatic carbocycles. The molecule has 2 heterocycles. The number of piperazine rings is 1. The van der Waals surface area contributed by atoms with Gasteiger partial charge in [0.25, 0.3) is 0 Å². The third-order valence-corrected chi connectivity index (χ3v) is 3.87. The Hall–Kier alpha value is -2.03. The van der Waals surface area contributed by atoms with Crippen molar-refractivity contribution in [1.82, 2.24) is 15.2 Å². The second-order valence-corrected chi connectivity index (χ2v) is 5.50. The summed E-state index contributed by atoms with van der Waals surface area (Å²) in [5.74, 6) is 0.561. The van der Waals surface area contributed by atoms with E-state index in [0.717, 1.165) is 51.0 Å². The van der Waals surface area contributed by atoms with Crippen LogP contribution < -0.4 is 10.1 Å². The van der Waals surface area contributed by atoms with Crippen LogP contribution in [-0.2, 0) is 0 Å². The summed E-state index contributed by atoms with van der Waals surface area (Å²) in [6.45, 7) is 6.24. The molecule has 1 fully saturated rings. The van der Waals surface area contributed by atoms with Crippen LogP contribution in [-0.4, -0.2) is 54.3 Å². The third-order valence-electron chi connectivity index (χ3n) is 3.87. The molecule has 0 amide bonds. The first-order valence-corrected chi connectivity index (χ1v) is 7.81. The molecule has 22 heavy (non-hydrogen) atoms. The molecule has 116 valence electrons. The van der Waals surface area contributed by atoms with Crippen molar-refractivity contribution in [3.05, 3.63) is 30.3 Å². The van der Waals surface area contributed by atoms with Crippen LogP contribution in [0.25, 0.3) is 10.9 Å². The summed E-state index contributed by atoms with van der Waals surface area (Å²) in [5, 5.41) is 13.9. The molecule has 1 aliphatic rings. The van der Waals surface area contributed by atoms with Crippen LogP contribution in [0.1, 0.15) is 12.8 Å². The largest absolute Gasteiger partial charge is 0.499 e. The maximum atomic E-state index is 9.73. The molecular weight excluding hydrogens is 278 g/mol. The number of unbranched alkanes of at least 4 members (excludes halogenated alkanes) is 1. The molecule has 1 aliphatic heterocycles. The first-order valence-electron chi connectivity index (χ1n) is 7.81. The van der Waals surface area contributed by atoms with Crippen molar-refractivity contribution in [3.8, 4) is 11.6 Å². The van der Waals surface area contributed by atoms with Gasteiger partial charge in [0.2, 0.25) is 5.88 Å². The molecule has 0 saturated carbocycles. The van der Waals surface area contributed by atoms with E-state index in [1.165, 1.54) is 0 Å². The van der Waals surface area contributed by atoms with Gasteiger partial charge in [-0.15, -0.1) is 0 Å². The molecule has 5 nitrogen and oxygen atoms in total. The van der Waals surface area contributed by atoms with E-state index >= 15 is 0 Å². The first kappa shape index (κ1) is 14.9. The summed E-state index contributed by atoms with van der Waals surface area (Å²) < 4.78 is 5.68. The highest BCUT2D eigenvalue weighted by molar-refractivity contribution is 5.83. The Morgan fingerprint density at radius 3 is 3.00 bits per heavy atom. The SMILES string of the molecule is Oc1c#ccc2ccc(OCCCCN3CCNCC3)nc12. The average Bonchev–Trinajstić information content (AvgIpc) is 2.56. The van der Waals surface area contributed by atoms with Gasteiger partial charge in [0.15, 0.2) is 5.75 Å². The van der Waals surface area contributed by atoms with E-state index in [1.54, 1.807) is 6.07 Å². The quantitative estimate of drug-likeness (QED) is 0.794. The fraction of sp³-hybridized carbons (Fsp3) is 0.471. The molecule has 1 saturated heterocycles. The van der Waals surface area contributed by atoms with Gasteiger partial charge in [0.1, 0.15) is 5.52 Å². The Labute approximate surface area is 130 Å². The van der Waals surface area contributed by atoms with Gasteiger partial charge >= 0.3 is 0 Å². The predicted molar refractivity (Wildman–Crippen MR) is 85.1 cm³/mol. The van der Waals surface area contributed by atoms with Crippen LogP contribution >= 0.6 is 0 Å². The van der Waals surface area contributed by atoms with Crippen molar-refractivity contribution in [2.24, 2.45) is 0 Å². The summed E-state index contributed by atoms with van der Waals surface area (Å²) in [6.07, 6.45) is 2.13. The number of nitrogens with one attached hydrogen (secondary N) is 1. The zero-order valence-corrected chi connectivity index (χ0v) is 12.6. The number of nitrogens with zero attached hydrogens (tertiary/aromatic N) is 2. The molecule has 0 spiro atoms. The highest BCUT2D eigenvalue weighted by atomic mass is 16.5. The molecule has 0 radical (unpaired) electrons. The maximum Gasteiger partial charge on any atom is 0.213 e. The molecule has 0 atom stereocenters. The zero-order valence-electron chi connectivity index (χ0n) is 12.6. The predicted octanol–water partition coefficient (Wildman–Crippen LogP) is 1.60. The lowest BCUT2D eigenvalue weighted by Gasteiger charge is -2.26. The fourth-order valence-corrected chi connectivity index (χ4v) is 2.63. The average molecular weight is 299 g/mol. The van der Waals surface area contributed by atoms with Crippen molar-refractivity contribution in [3.63, 3.8) is 0 Å². The Bertz CT molecular complexity index is 612. The second kappa shape index (κ2) is 7.30. The summed E-state index contributed by atoms with van der Waals surface area (Å²) in [4.78, 5) is 6.80. The van der Waals surface area contributed by atoms with Crippen molar-refractivity contribution in [2.75, 3.05) is 39.3 Å². The maximum absolute atomic E-state index is 9.73. The van der Waals surface area contributed by atoms with Gasteiger partial charge in [0, 0.05) is 37.6 Å². The highest BCUT2D eigenvalue weighted by Gasteiger charge is 2.08. The second-order valence-electron chi connectivity index (χ2n) is 5.50. The molecule has 2 N–H and O–H groups in total. The molecule has 1 aromatic carbocycles. The van der Waals surface area contributed by atoms with Crippen LogP contribution in [0.4, 0.5) is 0 Å². The van der Waals surface area contributed by atoms with E-state index in [2.05, 4.69) is 27.3 Å². The first-order chi connectivity index (χ1) is 10.8. The Kier molecular flexibility index (Phi) is 4.94. The van der Waals surface area contributed by atoms with Gasteiger partial charge in [-0.2, -0.15) is 0 Å². The minimum atomic E-state index is 0.0154. The van der Waals surface area contributed by atoms with Crippen LogP contribution in [0.15, 0.2) is 18.2 Å². The number of ether oxygens (including phenoxy) is 1. The van der Waals surface area contributed by atoms with Gasteiger partial charge in [-0.25, -0.2) is 4.98 Å². The van der Waals surface area contributed by atoms with E-state index in [4.69, 9.17) is 4.74 Å². The smallest absolute Gasteiger partial charge is 0.213 e. The monoisotopic (exact) mass is 299 g/mol. The highest BCUT2D eigenvalue weighted by Crippen LogP contribution is 2.22. The zero-order chi connectivity index (χ0) is 15.2. The Morgan fingerprint density at radius 1 is 1.27 bits per heavy atom. The van der Waals surface area contributed by atoms with Crippen molar-refractivity contribution < 1.29 is 9.84 Å². The lowest BCUT2D eigenvalue weighted by molar-refractivity contribution is 0.225. The van der Waals surface area contributed by atoms with Gasteiger partial charge in [-0.05, 0) is 37.6 Å². The number of pyridine rings is 1. The molecule has 1 aromatic heterocycles. The summed E-state index contributed by atoms with van der Waals surface area (Å²) in [6, 6.07) is 10.8. The number of rotatable bonds is 6. The van der Waals surface area contributed by atoms with Crippen molar-refractivity contribution in [2.45, 2.75) is 12.8 Å². The number of hydrogen-bond acceptors (Lipinski definition) is 5. The number of hydrogen-bond donors (Lipinski definition) is 2. The van der Waals surface area contributed by atoms with Gasteiger partial charge < -0.3 is 20.1 Å². The molecule has 3 rings (SSSR count).